The van der Waals surface area contributed by atoms with Crippen molar-refractivity contribution in [1.29, 1.82) is 0 Å². The molecular formula is C43H54N6O10. The molecule has 1 atom stereocenters. The van der Waals surface area contributed by atoms with Gasteiger partial charge in [0, 0.05) is 35.6 Å². The van der Waals surface area contributed by atoms with Crippen LogP contribution in [0, 0.1) is 0 Å². The van der Waals surface area contributed by atoms with Crippen LogP contribution in [-0.4, -0.2) is 112 Å². The Morgan fingerprint density at radius 3 is 2.39 bits per heavy atom. The van der Waals surface area contributed by atoms with E-state index in [2.05, 4.69) is 10.2 Å². The lowest BCUT2D eigenvalue weighted by molar-refractivity contribution is -0.190. The predicted octanol–water partition coefficient (Wildman–Crippen LogP) is 4.63. The van der Waals surface area contributed by atoms with E-state index in [0.717, 1.165) is 42.4 Å². The third-order valence-electron chi connectivity index (χ3n) is 11.8. The molecule has 1 N–H and O–H groups in total. The number of esters is 2. The van der Waals surface area contributed by atoms with Crippen molar-refractivity contribution in [3.05, 3.63) is 56.9 Å². The van der Waals surface area contributed by atoms with Crippen LogP contribution in [0.3, 0.4) is 0 Å². The van der Waals surface area contributed by atoms with Crippen LogP contribution in [0.1, 0.15) is 95.4 Å². The van der Waals surface area contributed by atoms with Gasteiger partial charge in [-0.05, 0) is 109 Å². The fourth-order valence-corrected chi connectivity index (χ4v) is 8.80. The topological polar surface area (TPSA) is 179 Å². The number of amides is 3. The van der Waals surface area contributed by atoms with Crippen LogP contribution in [0.5, 0.6) is 5.75 Å². The van der Waals surface area contributed by atoms with E-state index in [-0.39, 0.29) is 43.3 Å². The lowest BCUT2D eigenvalue weighted by Crippen LogP contribution is -2.51. The minimum atomic E-state index is -2.06. The number of cyclic esters (lactones) is 1. The highest BCUT2D eigenvalue weighted by Crippen LogP contribution is 2.42. The van der Waals surface area contributed by atoms with Gasteiger partial charge in [-0.1, -0.05) is 20.3 Å². The molecule has 316 valence electrons. The summed E-state index contributed by atoms with van der Waals surface area (Å²) in [5.41, 5.74) is 0.190. The van der Waals surface area contributed by atoms with Gasteiger partial charge in [0.05, 0.1) is 35.6 Å². The smallest absolute Gasteiger partial charge is 0.417 e. The number of aryl methyl sites for hydroxylation is 1. The Bertz CT molecular complexity index is 2230. The molecule has 0 saturated carbocycles. The zero-order valence-corrected chi connectivity index (χ0v) is 34.8. The first kappa shape index (κ1) is 41.8. The van der Waals surface area contributed by atoms with Gasteiger partial charge in [-0.15, -0.1) is 0 Å². The Hall–Kier alpha value is -5.35. The molecule has 6 heterocycles. The van der Waals surface area contributed by atoms with Crippen LogP contribution in [-0.2, 0) is 53.8 Å². The summed E-state index contributed by atoms with van der Waals surface area (Å²) in [5.74, 6) is -2.31. The summed E-state index contributed by atoms with van der Waals surface area (Å²) in [6, 6.07) is 7.49. The number of carbonyl (C=O) groups is 5. The molecule has 0 unspecified atom stereocenters. The number of hydrogen-bond donors (Lipinski definition) is 1. The number of nitrogens with one attached hydrogen (secondary N) is 1. The highest BCUT2D eigenvalue weighted by Gasteiger charge is 2.51. The lowest BCUT2D eigenvalue weighted by Gasteiger charge is -2.39. The minimum Gasteiger partial charge on any atom is -0.457 e. The second-order valence-corrected chi connectivity index (χ2v) is 16.7. The highest BCUT2D eigenvalue weighted by atomic mass is 16.6. The van der Waals surface area contributed by atoms with Gasteiger partial charge >= 0.3 is 24.1 Å². The minimum absolute atomic E-state index is 0.111. The van der Waals surface area contributed by atoms with Gasteiger partial charge in [-0.25, -0.2) is 24.3 Å². The Labute approximate surface area is 343 Å². The SMILES string of the molecule is CCc1c2c(nc3ccc(OC(=O)N4CCC(N5CCCCC5)CC4)cc13)-c1cc3c(c(=O)n1C2)COC(=O)[C@@]3(CC)OC(=O)CN(C(=O)CNC)C(=O)OC(C)(C)C. The summed E-state index contributed by atoms with van der Waals surface area (Å²) in [4.78, 5) is 90.8. The van der Waals surface area contributed by atoms with Gasteiger partial charge < -0.3 is 38.6 Å². The molecule has 0 spiro atoms. The van der Waals surface area contributed by atoms with Crippen molar-refractivity contribution in [2.75, 3.05) is 46.3 Å². The normalized spacial score (nSPS) is 19.4. The molecule has 4 aliphatic rings. The fraction of sp³-hybridized carbons (Fsp3) is 0.558. The first-order chi connectivity index (χ1) is 28.2. The molecule has 0 radical (unpaired) electrons. The first-order valence-electron chi connectivity index (χ1n) is 20.7. The van der Waals surface area contributed by atoms with Crippen LogP contribution < -0.4 is 15.6 Å². The summed E-state index contributed by atoms with van der Waals surface area (Å²) >= 11 is 0. The number of piperidine rings is 2. The maximum atomic E-state index is 14.3. The fourth-order valence-electron chi connectivity index (χ4n) is 8.80. The zero-order chi connectivity index (χ0) is 42.2. The maximum absolute atomic E-state index is 14.3. The van der Waals surface area contributed by atoms with Crippen molar-refractivity contribution in [3.8, 4) is 17.1 Å². The molecule has 3 amide bonds. The molecule has 3 aromatic rings. The number of benzene rings is 1. The number of likely N-dealkylation sites (tertiary alicyclic amines) is 2. The van der Waals surface area contributed by atoms with Crippen LogP contribution in [0.25, 0.3) is 22.3 Å². The molecule has 1 aromatic carbocycles. The number of rotatable bonds is 9. The largest absolute Gasteiger partial charge is 0.457 e. The second kappa shape index (κ2) is 16.7. The Morgan fingerprint density at radius 2 is 1.73 bits per heavy atom. The molecule has 0 bridgehead atoms. The monoisotopic (exact) mass is 814 g/mol. The molecular weight excluding hydrogens is 761 g/mol. The molecule has 2 fully saturated rings. The van der Waals surface area contributed by atoms with Crippen LogP contribution >= 0.6 is 0 Å². The van der Waals surface area contributed by atoms with Gasteiger partial charge in [0.1, 0.15) is 24.5 Å². The maximum Gasteiger partial charge on any atom is 0.417 e. The number of fused-ring (bicyclic) bond motifs is 5. The molecule has 2 saturated heterocycles. The summed E-state index contributed by atoms with van der Waals surface area (Å²) in [5, 5.41) is 3.45. The van der Waals surface area contributed by atoms with Crippen LogP contribution in [0.4, 0.5) is 9.59 Å². The van der Waals surface area contributed by atoms with E-state index >= 15 is 0 Å². The van der Waals surface area contributed by atoms with E-state index in [1.807, 2.05) is 13.0 Å². The van der Waals surface area contributed by atoms with E-state index < -0.39 is 47.2 Å². The van der Waals surface area contributed by atoms with E-state index in [1.54, 1.807) is 55.4 Å². The molecule has 7 rings (SSSR count). The number of pyridine rings is 2. The number of imide groups is 1. The average Bonchev–Trinajstić information content (AvgIpc) is 3.58. The summed E-state index contributed by atoms with van der Waals surface area (Å²) in [6.07, 6.45) is 4.67. The number of ether oxygens (including phenoxy) is 4. The third-order valence-corrected chi connectivity index (χ3v) is 11.8. The number of likely N-dealkylation sites (N-methyl/N-ethyl adjacent to an activating group) is 1. The highest BCUT2D eigenvalue weighted by molar-refractivity contribution is 5.97. The molecule has 2 aromatic heterocycles. The van der Waals surface area contributed by atoms with E-state index in [4.69, 9.17) is 23.9 Å². The van der Waals surface area contributed by atoms with Gasteiger partial charge in [0.25, 0.3) is 5.56 Å². The first-order valence-corrected chi connectivity index (χ1v) is 20.7. The zero-order valence-electron chi connectivity index (χ0n) is 34.8. The molecule has 16 heteroatoms. The van der Waals surface area contributed by atoms with Crippen molar-refractivity contribution >= 4 is 40.9 Å². The van der Waals surface area contributed by atoms with Crippen LogP contribution in [0.15, 0.2) is 29.1 Å². The Kier molecular flexibility index (Phi) is 11.8. The van der Waals surface area contributed by atoms with Gasteiger partial charge in [-0.2, -0.15) is 0 Å². The molecule has 0 aliphatic carbocycles. The molecule has 4 aliphatic heterocycles. The average molecular weight is 815 g/mol. The second-order valence-electron chi connectivity index (χ2n) is 16.7. The van der Waals surface area contributed by atoms with Crippen molar-refractivity contribution in [1.82, 2.24) is 29.6 Å². The Balaban J connectivity index is 1.16. The Morgan fingerprint density at radius 1 is 1.00 bits per heavy atom. The molecule has 16 nitrogen and oxygen atoms in total. The van der Waals surface area contributed by atoms with Gasteiger partial charge in [0.15, 0.2) is 0 Å². The standard InChI is InChI=1S/C43H54N6O10/c1-7-28-29-20-27(57-40(54)47-18-14-26(15-19-47)46-16-10-9-11-17-46)12-13-33(29)45-37-30(28)23-48-34(37)21-32-31(38(48)52)25-56-39(53)43(32,8-2)58-36(51)24-49(35(50)22-44-6)41(55)59-42(3,4)5/h12-13,20-21,26,44H,7-11,14-19,22-25H2,1-6H3/t43-/m0/s1. The van der Waals surface area contributed by atoms with Crippen molar-refractivity contribution in [2.24, 2.45) is 0 Å². The van der Waals surface area contributed by atoms with Gasteiger partial charge in [-0.3, -0.25) is 14.4 Å². The number of aromatic nitrogens is 2. The summed E-state index contributed by atoms with van der Waals surface area (Å²) < 4.78 is 24.2. The van der Waals surface area contributed by atoms with E-state index in [9.17, 15) is 28.8 Å². The number of carbonyl (C=O) groups excluding carboxylic acids is 5. The lowest BCUT2D eigenvalue weighted by atomic mass is 9.85. The van der Waals surface area contributed by atoms with Crippen LogP contribution in [0.2, 0.25) is 0 Å². The van der Waals surface area contributed by atoms with E-state index in [0.29, 0.717) is 53.1 Å². The van der Waals surface area contributed by atoms with Crippen molar-refractivity contribution in [2.45, 2.75) is 110 Å². The summed E-state index contributed by atoms with van der Waals surface area (Å²) in [6.45, 7) is 10.8. The summed E-state index contributed by atoms with van der Waals surface area (Å²) in [7, 11) is 1.51. The molecule has 59 heavy (non-hydrogen) atoms. The third kappa shape index (κ3) is 8.16. The predicted molar refractivity (Wildman–Crippen MR) is 216 cm³/mol. The number of nitrogens with zero attached hydrogens (tertiary/aromatic N) is 5. The van der Waals surface area contributed by atoms with Crippen molar-refractivity contribution < 1.29 is 42.9 Å². The van der Waals surface area contributed by atoms with Crippen molar-refractivity contribution in [3.63, 3.8) is 0 Å². The quantitative estimate of drug-likeness (QED) is 0.183. The number of hydrogen-bond acceptors (Lipinski definition) is 13. The van der Waals surface area contributed by atoms with E-state index in [1.165, 1.54) is 26.3 Å². The van der Waals surface area contributed by atoms with Gasteiger partial charge in [0.2, 0.25) is 11.5 Å².